The van der Waals surface area contributed by atoms with Gasteiger partial charge in [-0.3, -0.25) is 14.5 Å². The monoisotopic (exact) mass is 445 g/mol. The number of benzene rings is 2. The van der Waals surface area contributed by atoms with E-state index >= 15 is 0 Å². The number of nitrogens with one attached hydrogen (secondary N) is 1. The maximum atomic E-state index is 12.9. The third-order valence-electron chi connectivity index (χ3n) is 7.27. The molecule has 0 bridgehead atoms. The van der Waals surface area contributed by atoms with Crippen molar-refractivity contribution in [2.24, 2.45) is 0 Å². The number of unbranched alkanes of at least 4 members (excludes halogenated alkanes) is 2. The van der Waals surface area contributed by atoms with Crippen LogP contribution in [-0.4, -0.2) is 40.2 Å². The Hall–Kier alpha value is -3.15. The number of hydrogen-bond acceptors (Lipinski definition) is 3. The van der Waals surface area contributed by atoms with E-state index in [0.29, 0.717) is 25.9 Å². The number of urea groups is 1. The van der Waals surface area contributed by atoms with Gasteiger partial charge in [0.15, 0.2) is 0 Å². The summed E-state index contributed by atoms with van der Waals surface area (Å²) in [6, 6.07) is 16.0. The van der Waals surface area contributed by atoms with Gasteiger partial charge in [-0.1, -0.05) is 55.0 Å². The third kappa shape index (κ3) is 4.39. The van der Waals surface area contributed by atoms with E-state index in [2.05, 4.69) is 23.5 Å². The minimum absolute atomic E-state index is 0.0804. The highest BCUT2D eigenvalue weighted by atomic mass is 16.2. The fourth-order valence-corrected chi connectivity index (χ4v) is 5.48. The summed E-state index contributed by atoms with van der Waals surface area (Å²) >= 11 is 0. The molecule has 3 aliphatic rings. The fraction of sp³-hybridized carbons (Fsp3) is 0.444. The fourth-order valence-electron chi connectivity index (χ4n) is 5.48. The van der Waals surface area contributed by atoms with Gasteiger partial charge < -0.3 is 10.2 Å². The average molecular weight is 446 g/mol. The van der Waals surface area contributed by atoms with Crippen LogP contribution in [0, 0.1) is 0 Å². The number of carbonyl (C=O) groups is 3. The van der Waals surface area contributed by atoms with Crippen LogP contribution in [0.1, 0.15) is 66.8 Å². The first-order valence-electron chi connectivity index (χ1n) is 12.2. The van der Waals surface area contributed by atoms with E-state index in [1.165, 1.54) is 16.0 Å². The minimum Gasteiger partial charge on any atom is -0.349 e. The van der Waals surface area contributed by atoms with Crippen molar-refractivity contribution in [3.8, 4) is 0 Å². The van der Waals surface area contributed by atoms with E-state index in [4.69, 9.17) is 0 Å². The molecule has 5 rings (SSSR count). The standard InChI is InChI=1S/C27H31N3O3/c31-25(28-23-14-8-12-19-9-5-6-13-22(19)23)15-2-1-7-16-29-26(32)24-17-20-10-3-4-11-21(20)18-30(24)27(29)33/h3-6,9-11,13,23-24H,1-2,7-8,12,14-18H2,(H,28,31)/t23?,24-/m0/s1. The highest BCUT2D eigenvalue weighted by Gasteiger charge is 2.46. The zero-order valence-electron chi connectivity index (χ0n) is 19.0. The molecule has 0 radical (unpaired) electrons. The lowest BCUT2D eigenvalue weighted by molar-refractivity contribution is -0.128. The van der Waals surface area contributed by atoms with E-state index in [-0.39, 0.29) is 29.9 Å². The molecule has 1 fully saturated rings. The molecular weight excluding hydrogens is 414 g/mol. The Morgan fingerprint density at radius 2 is 1.70 bits per heavy atom. The second-order valence-corrected chi connectivity index (χ2v) is 9.41. The number of nitrogens with zero attached hydrogens (tertiary/aromatic N) is 2. The number of amides is 4. The minimum atomic E-state index is -0.364. The molecule has 1 unspecified atom stereocenters. The molecule has 1 aliphatic carbocycles. The Kier molecular flexibility index (Phi) is 6.16. The van der Waals surface area contributed by atoms with Gasteiger partial charge in [-0.25, -0.2) is 4.79 Å². The van der Waals surface area contributed by atoms with Crippen LogP contribution in [0.4, 0.5) is 4.79 Å². The molecule has 33 heavy (non-hydrogen) atoms. The van der Waals surface area contributed by atoms with Crippen LogP contribution in [-0.2, 0) is 29.0 Å². The molecule has 2 aromatic carbocycles. The number of imide groups is 1. The first-order valence-corrected chi connectivity index (χ1v) is 12.2. The van der Waals surface area contributed by atoms with Gasteiger partial charge in [-0.15, -0.1) is 0 Å². The average Bonchev–Trinajstić information content (AvgIpc) is 3.07. The highest BCUT2D eigenvalue weighted by Crippen LogP contribution is 2.31. The van der Waals surface area contributed by atoms with E-state index in [1.807, 2.05) is 30.3 Å². The summed E-state index contributed by atoms with van der Waals surface area (Å²) in [4.78, 5) is 41.3. The number of aryl methyl sites for hydroxylation is 1. The molecule has 172 valence electrons. The molecule has 4 amide bonds. The van der Waals surface area contributed by atoms with Crippen molar-refractivity contribution in [1.29, 1.82) is 0 Å². The van der Waals surface area contributed by atoms with Crippen LogP contribution in [0.5, 0.6) is 0 Å². The first-order chi connectivity index (χ1) is 16.1. The van der Waals surface area contributed by atoms with Gasteiger partial charge in [-0.05, 0) is 54.4 Å². The molecule has 2 aliphatic heterocycles. The molecule has 6 heteroatoms. The van der Waals surface area contributed by atoms with Crippen molar-refractivity contribution < 1.29 is 14.4 Å². The van der Waals surface area contributed by atoms with Gasteiger partial charge in [0.05, 0.1) is 6.04 Å². The summed E-state index contributed by atoms with van der Waals surface area (Å²) in [6.45, 7) is 0.936. The maximum Gasteiger partial charge on any atom is 0.327 e. The maximum absolute atomic E-state index is 12.9. The van der Waals surface area contributed by atoms with Crippen LogP contribution in [0.15, 0.2) is 48.5 Å². The molecule has 2 aromatic rings. The summed E-state index contributed by atoms with van der Waals surface area (Å²) in [5, 5.41) is 3.20. The second-order valence-electron chi connectivity index (χ2n) is 9.41. The Bertz CT molecular complexity index is 1020. The lowest BCUT2D eigenvalue weighted by Gasteiger charge is -2.28. The van der Waals surface area contributed by atoms with Crippen molar-refractivity contribution >= 4 is 17.8 Å². The Labute approximate surface area is 194 Å². The number of carbonyl (C=O) groups excluding carboxylic acids is 3. The second kappa shape index (κ2) is 9.38. The largest absolute Gasteiger partial charge is 0.349 e. The van der Waals surface area contributed by atoms with Crippen molar-refractivity contribution in [3.63, 3.8) is 0 Å². The normalized spacial score (nSPS) is 21.5. The molecular formula is C27H31N3O3. The smallest absolute Gasteiger partial charge is 0.327 e. The van der Waals surface area contributed by atoms with Gasteiger partial charge in [-0.2, -0.15) is 0 Å². The quantitative estimate of drug-likeness (QED) is 0.515. The molecule has 0 spiro atoms. The van der Waals surface area contributed by atoms with Crippen LogP contribution in [0.25, 0.3) is 0 Å². The topological polar surface area (TPSA) is 69.7 Å². The molecule has 0 aromatic heterocycles. The Morgan fingerprint density at radius 1 is 0.939 bits per heavy atom. The van der Waals surface area contributed by atoms with Crippen molar-refractivity contribution in [2.45, 2.75) is 70.0 Å². The number of fused-ring (bicyclic) bond motifs is 3. The molecule has 6 nitrogen and oxygen atoms in total. The van der Waals surface area contributed by atoms with Crippen LogP contribution in [0.3, 0.4) is 0 Å². The molecule has 1 saturated heterocycles. The predicted octanol–water partition coefficient (Wildman–Crippen LogP) is 4.13. The van der Waals surface area contributed by atoms with Crippen molar-refractivity contribution in [2.75, 3.05) is 6.54 Å². The number of rotatable bonds is 7. The first kappa shape index (κ1) is 21.7. The van der Waals surface area contributed by atoms with E-state index in [9.17, 15) is 14.4 Å². The molecule has 0 saturated carbocycles. The van der Waals surface area contributed by atoms with Crippen LogP contribution in [0.2, 0.25) is 0 Å². The highest BCUT2D eigenvalue weighted by molar-refractivity contribution is 6.04. The zero-order chi connectivity index (χ0) is 22.8. The van der Waals surface area contributed by atoms with Gasteiger partial charge in [0.1, 0.15) is 6.04 Å². The number of hydrogen-bond donors (Lipinski definition) is 1. The van der Waals surface area contributed by atoms with E-state index in [0.717, 1.165) is 49.7 Å². The van der Waals surface area contributed by atoms with Gasteiger partial charge >= 0.3 is 6.03 Å². The summed E-state index contributed by atoms with van der Waals surface area (Å²) in [7, 11) is 0. The molecule has 1 N–H and O–H groups in total. The Balaban J connectivity index is 1.06. The summed E-state index contributed by atoms with van der Waals surface area (Å²) in [5.74, 6) is 0.00290. The van der Waals surface area contributed by atoms with Crippen molar-refractivity contribution in [3.05, 3.63) is 70.8 Å². The Morgan fingerprint density at radius 3 is 2.55 bits per heavy atom. The van der Waals surface area contributed by atoms with Crippen molar-refractivity contribution in [1.82, 2.24) is 15.1 Å². The van der Waals surface area contributed by atoms with Crippen LogP contribution >= 0.6 is 0 Å². The summed E-state index contributed by atoms with van der Waals surface area (Å²) in [5.41, 5.74) is 4.88. The van der Waals surface area contributed by atoms with E-state index < -0.39 is 0 Å². The molecule has 2 atom stereocenters. The van der Waals surface area contributed by atoms with Gasteiger partial charge in [0.25, 0.3) is 5.91 Å². The summed E-state index contributed by atoms with van der Waals surface area (Å²) in [6.07, 6.45) is 6.55. The third-order valence-corrected chi connectivity index (χ3v) is 7.27. The summed E-state index contributed by atoms with van der Waals surface area (Å²) < 4.78 is 0. The van der Waals surface area contributed by atoms with Gasteiger partial charge in [0, 0.05) is 25.9 Å². The SMILES string of the molecule is O=C(CCCCCN1C(=O)[C@@H]2Cc3ccccc3CN2C1=O)NC1CCCc2ccccc21. The van der Waals surface area contributed by atoms with Crippen LogP contribution < -0.4 is 5.32 Å². The lowest BCUT2D eigenvalue weighted by Crippen LogP contribution is -2.39. The lowest BCUT2D eigenvalue weighted by atomic mass is 9.87. The van der Waals surface area contributed by atoms with E-state index in [1.54, 1.807) is 4.90 Å². The molecule has 2 heterocycles. The predicted molar refractivity (Wildman–Crippen MR) is 125 cm³/mol. The van der Waals surface area contributed by atoms with Gasteiger partial charge in [0.2, 0.25) is 5.91 Å². The zero-order valence-corrected chi connectivity index (χ0v) is 19.0.